The van der Waals surface area contributed by atoms with Crippen molar-refractivity contribution < 1.29 is 4.74 Å². The fourth-order valence-corrected chi connectivity index (χ4v) is 1.93. The van der Waals surface area contributed by atoms with Crippen LogP contribution in [0.5, 0.6) is 5.75 Å². The molecule has 1 unspecified atom stereocenters. The number of rotatable bonds is 5. The molecule has 0 bridgehead atoms. The molecule has 0 aliphatic carbocycles. The van der Waals surface area contributed by atoms with Crippen LogP contribution in [0.15, 0.2) is 36.5 Å². The van der Waals surface area contributed by atoms with Crippen molar-refractivity contribution in [2.45, 2.75) is 19.4 Å². The van der Waals surface area contributed by atoms with Gasteiger partial charge in [-0.3, -0.25) is 4.68 Å². The fourth-order valence-electron chi connectivity index (χ4n) is 1.93. The molecule has 2 aromatic rings. The minimum Gasteiger partial charge on any atom is -0.497 e. The maximum absolute atomic E-state index is 5.17. The van der Waals surface area contributed by atoms with Crippen LogP contribution in [0.1, 0.15) is 24.9 Å². The van der Waals surface area contributed by atoms with Crippen molar-refractivity contribution in [3.63, 3.8) is 0 Å². The average molecular weight is 245 g/mol. The molecule has 2 rings (SSSR count). The summed E-state index contributed by atoms with van der Waals surface area (Å²) in [6.45, 7) is 2.16. The van der Waals surface area contributed by atoms with Gasteiger partial charge in [0, 0.05) is 19.3 Å². The number of nitrogens with zero attached hydrogens (tertiary/aromatic N) is 2. The standard InChI is InChI=1S/C14H19N3O/c1-4-13(15-14-9-10-17(2)16-14)11-5-7-12(18-3)8-6-11/h5-10,13H,4H2,1-3H3,(H,15,16). The molecule has 0 aliphatic rings. The van der Waals surface area contributed by atoms with Crippen LogP contribution in [0.25, 0.3) is 0 Å². The summed E-state index contributed by atoms with van der Waals surface area (Å²) >= 11 is 0. The molecule has 1 atom stereocenters. The highest BCUT2D eigenvalue weighted by Crippen LogP contribution is 2.23. The Balaban J connectivity index is 2.12. The average Bonchev–Trinajstić information content (AvgIpc) is 2.82. The molecule has 0 radical (unpaired) electrons. The summed E-state index contributed by atoms with van der Waals surface area (Å²) in [6, 6.07) is 10.4. The Morgan fingerprint density at radius 1 is 1.28 bits per heavy atom. The lowest BCUT2D eigenvalue weighted by atomic mass is 10.0. The Hall–Kier alpha value is -1.97. The van der Waals surface area contributed by atoms with Gasteiger partial charge in [0.15, 0.2) is 0 Å². The second-order valence-electron chi connectivity index (χ2n) is 4.25. The summed E-state index contributed by atoms with van der Waals surface area (Å²) in [7, 11) is 3.60. The number of methoxy groups -OCH3 is 1. The highest BCUT2D eigenvalue weighted by molar-refractivity contribution is 5.38. The molecule has 1 heterocycles. The van der Waals surface area contributed by atoms with Gasteiger partial charge in [-0.25, -0.2) is 0 Å². The molecule has 1 aromatic carbocycles. The molecule has 0 spiro atoms. The molecule has 0 aliphatic heterocycles. The second-order valence-corrected chi connectivity index (χ2v) is 4.25. The zero-order valence-corrected chi connectivity index (χ0v) is 11.1. The number of aromatic nitrogens is 2. The minimum absolute atomic E-state index is 0.269. The maximum Gasteiger partial charge on any atom is 0.148 e. The molecule has 18 heavy (non-hydrogen) atoms. The first-order chi connectivity index (χ1) is 8.72. The molecular weight excluding hydrogens is 226 g/mol. The van der Waals surface area contributed by atoms with Crippen LogP contribution < -0.4 is 10.1 Å². The topological polar surface area (TPSA) is 39.1 Å². The Labute approximate surface area is 108 Å². The van der Waals surface area contributed by atoms with Crippen LogP contribution in [-0.4, -0.2) is 16.9 Å². The molecular formula is C14H19N3O. The Morgan fingerprint density at radius 3 is 2.50 bits per heavy atom. The van der Waals surface area contributed by atoms with E-state index in [2.05, 4.69) is 29.5 Å². The smallest absolute Gasteiger partial charge is 0.148 e. The Morgan fingerprint density at radius 2 is 2.00 bits per heavy atom. The molecule has 4 heteroatoms. The van der Waals surface area contributed by atoms with E-state index in [9.17, 15) is 0 Å². The zero-order valence-electron chi connectivity index (χ0n) is 11.1. The highest BCUT2D eigenvalue weighted by atomic mass is 16.5. The summed E-state index contributed by atoms with van der Waals surface area (Å²) in [6.07, 6.45) is 2.94. The van der Waals surface area contributed by atoms with E-state index in [0.29, 0.717) is 0 Å². The highest BCUT2D eigenvalue weighted by Gasteiger charge is 2.10. The van der Waals surface area contributed by atoms with Crippen LogP contribution in [0, 0.1) is 0 Å². The normalized spacial score (nSPS) is 12.2. The van der Waals surface area contributed by atoms with Crippen LogP contribution >= 0.6 is 0 Å². The first kappa shape index (κ1) is 12.5. The van der Waals surface area contributed by atoms with Crippen molar-refractivity contribution in [3.8, 4) is 5.75 Å². The van der Waals surface area contributed by atoms with Crippen molar-refractivity contribution >= 4 is 5.82 Å². The van der Waals surface area contributed by atoms with Gasteiger partial charge >= 0.3 is 0 Å². The third-order valence-corrected chi connectivity index (χ3v) is 2.96. The minimum atomic E-state index is 0.269. The summed E-state index contributed by atoms with van der Waals surface area (Å²) < 4.78 is 6.96. The van der Waals surface area contributed by atoms with Crippen LogP contribution in [0.4, 0.5) is 5.82 Å². The van der Waals surface area contributed by atoms with E-state index in [4.69, 9.17) is 4.74 Å². The number of anilines is 1. The lowest BCUT2D eigenvalue weighted by Gasteiger charge is -2.17. The molecule has 96 valence electrons. The number of hydrogen-bond acceptors (Lipinski definition) is 3. The first-order valence-corrected chi connectivity index (χ1v) is 6.13. The molecule has 0 saturated heterocycles. The number of nitrogens with one attached hydrogen (secondary N) is 1. The van der Waals surface area contributed by atoms with E-state index in [0.717, 1.165) is 18.0 Å². The summed E-state index contributed by atoms with van der Waals surface area (Å²) in [5.41, 5.74) is 1.24. The van der Waals surface area contributed by atoms with Gasteiger partial charge in [-0.15, -0.1) is 0 Å². The number of hydrogen-bond donors (Lipinski definition) is 1. The Bertz CT molecular complexity index is 490. The largest absolute Gasteiger partial charge is 0.497 e. The fraction of sp³-hybridized carbons (Fsp3) is 0.357. The molecule has 1 aromatic heterocycles. The van der Waals surface area contributed by atoms with Gasteiger partial charge in [-0.1, -0.05) is 19.1 Å². The molecule has 1 N–H and O–H groups in total. The van der Waals surface area contributed by atoms with E-state index in [1.165, 1.54) is 5.56 Å². The lowest BCUT2D eigenvalue weighted by Crippen LogP contribution is -2.10. The summed E-state index contributed by atoms with van der Waals surface area (Å²) in [5.74, 6) is 1.78. The molecule has 4 nitrogen and oxygen atoms in total. The first-order valence-electron chi connectivity index (χ1n) is 6.13. The van der Waals surface area contributed by atoms with E-state index in [1.807, 2.05) is 31.4 Å². The van der Waals surface area contributed by atoms with Gasteiger partial charge in [0.25, 0.3) is 0 Å². The van der Waals surface area contributed by atoms with Crippen LogP contribution in [-0.2, 0) is 7.05 Å². The van der Waals surface area contributed by atoms with Crippen LogP contribution in [0.2, 0.25) is 0 Å². The quantitative estimate of drug-likeness (QED) is 0.880. The number of benzene rings is 1. The predicted octanol–water partition coefficient (Wildman–Crippen LogP) is 2.99. The van der Waals surface area contributed by atoms with Gasteiger partial charge in [-0.05, 0) is 24.1 Å². The number of aryl methyl sites for hydroxylation is 1. The Kier molecular flexibility index (Phi) is 3.87. The van der Waals surface area contributed by atoms with Gasteiger partial charge in [0.1, 0.15) is 11.6 Å². The van der Waals surface area contributed by atoms with E-state index < -0.39 is 0 Å². The van der Waals surface area contributed by atoms with Gasteiger partial charge < -0.3 is 10.1 Å². The van der Waals surface area contributed by atoms with Crippen molar-refractivity contribution in [3.05, 3.63) is 42.1 Å². The van der Waals surface area contributed by atoms with E-state index in [-0.39, 0.29) is 6.04 Å². The maximum atomic E-state index is 5.17. The van der Waals surface area contributed by atoms with Gasteiger partial charge in [-0.2, -0.15) is 5.10 Å². The summed E-state index contributed by atoms with van der Waals surface area (Å²) in [5, 5.41) is 7.77. The SMILES string of the molecule is CCC(Nc1ccn(C)n1)c1ccc(OC)cc1. The van der Waals surface area contributed by atoms with Crippen molar-refractivity contribution in [1.82, 2.24) is 9.78 Å². The zero-order chi connectivity index (χ0) is 13.0. The molecule has 0 amide bonds. The van der Waals surface area contributed by atoms with Crippen LogP contribution in [0.3, 0.4) is 0 Å². The van der Waals surface area contributed by atoms with Gasteiger partial charge in [0.05, 0.1) is 13.2 Å². The monoisotopic (exact) mass is 245 g/mol. The molecule has 0 fully saturated rings. The van der Waals surface area contributed by atoms with E-state index >= 15 is 0 Å². The van der Waals surface area contributed by atoms with Crippen molar-refractivity contribution in [1.29, 1.82) is 0 Å². The predicted molar refractivity (Wildman–Crippen MR) is 72.9 cm³/mol. The van der Waals surface area contributed by atoms with Crippen molar-refractivity contribution in [2.24, 2.45) is 7.05 Å². The molecule has 0 saturated carbocycles. The van der Waals surface area contributed by atoms with E-state index in [1.54, 1.807) is 11.8 Å². The number of ether oxygens (including phenoxy) is 1. The van der Waals surface area contributed by atoms with Gasteiger partial charge in [0.2, 0.25) is 0 Å². The summed E-state index contributed by atoms with van der Waals surface area (Å²) in [4.78, 5) is 0. The third kappa shape index (κ3) is 2.83. The van der Waals surface area contributed by atoms with Crippen molar-refractivity contribution in [2.75, 3.05) is 12.4 Å². The lowest BCUT2D eigenvalue weighted by molar-refractivity contribution is 0.414. The second kappa shape index (κ2) is 5.58. The third-order valence-electron chi connectivity index (χ3n) is 2.96.